The quantitative estimate of drug-likeness (QED) is 0.847. The van der Waals surface area contributed by atoms with Gasteiger partial charge in [0.15, 0.2) is 0 Å². The average Bonchev–Trinajstić information content (AvgIpc) is 3.29. The second-order valence-corrected chi connectivity index (χ2v) is 7.35. The molecule has 2 aliphatic rings. The first-order valence-electron chi connectivity index (χ1n) is 9.60. The normalized spacial score (nSPS) is 23.9. The van der Waals surface area contributed by atoms with Crippen LogP contribution in [0.2, 0.25) is 0 Å². The monoisotopic (exact) mass is 357 g/mol. The number of nitrogens with zero attached hydrogens (tertiary/aromatic N) is 5. The summed E-state index contributed by atoms with van der Waals surface area (Å²) in [6.07, 6.45) is 8.42. The van der Waals surface area contributed by atoms with E-state index in [1.807, 2.05) is 42.2 Å². The third kappa shape index (κ3) is 2.94. The van der Waals surface area contributed by atoms with Crippen LogP contribution in [-0.4, -0.2) is 49.3 Å². The van der Waals surface area contributed by atoms with Gasteiger partial charge in [-0.15, -0.1) is 0 Å². The van der Waals surface area contributed by atoms with E-state index in [9.17, 15) is 4.79 Å². The van der Waals surface area contributed by atoms with Crippen molar-refractivity contribution in [3.63, 3.8) is 0 Å². The van der Waals surface area contributed by atoms with Crippen LogP contribution < -0.4 is 0 Å². The summed E-state index contributed by atoms with van der Waals surface area (Å²) in [6, 6.07) is 0.431. The van der Waals surface area contributed by atoms with Gasteiger partial charge in [-0.2, -0.15) is 5.10 Å². The summed E-state index contributed by atoms with van der Waals surface area (Å²) in [4.78, 5) is 19.4. The predicted molar refractivity (Wildman–Crippen MR) is 97.0 cm³/mol. The van der Waals surface area contributed by atoms with Gasteiger partial charge in [-0.25, -0.2) is 4.98 Å². The maximum absolute atomic E-state index is 13.3. The van der Waals surface area contributed by atoms with E-state index in [0.717, 1.165) is 49.3 Å². The minimum Gasteiger partial charge on any atom is -0.369 e. The number of hydrogen-bond acceptors (Lipinski definition) is 4. The van der Waals surface area contributed by atoms with Gasteiger partial charge in [0.05, 0.1) is 24.2 Å². The summed E-state index contributed by atoms with van der Waals surface area (Å²) < 4.78 is 9.92. The molecule has 0 spiro atoms. The summed E-state index contributed by atoms with van der Waals surface area (Å²) in [5, 5.41) is 4.69. The summed E-state index contributed by atoms with van der Waals surface area (Å²) in [6.45, 7) is 8.36. The summed E-state index contributed by atoms with van der Waals surface area (Å²) >= 11 is 0. The van der Waals surface area contributed by atoms with Crippen LogP contribution in [-0.2, 0) is 17.7 Å². The molecule has 0 radical (unpaired) electrons. The van der Waals surface area contributed by atoms with Gasteiger partial charge in [-0.05, 0) is 33.6 Å². The molecule has 4 heterocycles. The van der Waals surface area contributed by atoms with Gasteiger partial charge in [0, 0.05) is 50.1 Å². The van der Waals surface area contributed by atoms with Crippen LogP contribution in [0.1, 0.15) is 67.5 Å². The van der Waals surface area contributed by atoms with E-state index in [1.54, 1.807) is 0 Å². The molecule has 1 amide bonds. The van der Waals surface area contributed by atoms with Crippen molar-refractivity contribution in [2.45, 2.75) is 64.8 Å². The van der Waals surface area contributed by atoms with Crippen molar-refractivity contribution in [3.8, 4) is 0 Å². The van der Waals surface area contributed by atoms with E-state index in [4.69, 9.17) is 4.74 Å². The number of hydrogen-bond donors (Lipinski definition) is 0. The lowest BCUT2D eigenvalue weighted by Crippen LogP contribution is -2.40. The number of amides is 1. The highest BCUT2D eigenvalue weighted by Crippen LogP contribution is 2.33. The number of rotatable bonds is 3. The van der Waals surface area contributed by atoms with E-state index in [0.29, 0.717) is 12.6 Å². The van der Waals surface area contributed by atoms with Crippen LogP contribution in [0, 0.1) is 0 Å². The molecule has 0 unspecified atom stereocenters. The van der Waals surface area contributed by atoms with Gasteiger partial charge >= 0.3 is 0 Å². The third-order valence-corrected chi connectivity index (χ3v) is 5.59. The number of fused-ring (bicyclic) bond motifs is 1. The highest BCUT2D eigenvalue weighted by molar-refractivity contribution is 5.94. The third-order valence-electron chi connectivity index (χ3n) is 5.59. The molecule has 4 rings (SSSR count). The van der Waals surface area contributed by atoms with Crippen molar-refractivity contribution in [1.82, 2.24) is 24.2 Å². The summed E-state index contributed by atoms with van der Waals surface area (Å²) in [5.74, 6) is 0.117. The zero-order valence-corrected chi connectivity index (χ0v) is 15.8. The van der Waals surface area contributed by atoms with Crippen molar-refractivity contribution in [2.75, 3.05) is 13.1 Å². The number of carbonyl (C=O) groups is 1. The van der Waals surface area contributed by atoms with Crippen molar-refractivity contribution in [1.29, 1.82) is 0 Å². The average molecular weight is 357 g/mol. The molecule has 26 heavy (non-hydrogen) atoms. The maximum atomic E-state index is 13.3. The van der Waals surface area contributed by atoms with Crippen molar-refractivity contribution in [2.24, 2.45) is 0 Å². The van der Waals surface area contributed by atoms with Gasteiger partial charge in [0.2, 0.25) is 0 Å². The summed E-state index contributed by atoms with van der Waals surface area (Å²) in [7, 11) is 0. The van der Waals surface area contributed by atoms with Gasteiger partial charge in [0.25, 0.3) is 5.91 Å². The first-order chi connectivity index (χ1) is 12.6. The van der Waals surface area contributed by atoms with Gasteiger partial charge < -0.3 is 14.2 Å². The zero-order valence-electron chi connectivity index (χ0n) is 15.8. The number of likely N-dealkylation sites (tertiary alicyclic amines) is 1. The van der Waals surface area contributed by atoms with E-state index < -0.39 is 0 Å². The number of piperidine rings is 1. The van der Waals surface area contributed by atoms with Crippen LogP contribution in [0.25, 0.3) is 0 Å². The summed E-state index contributed by atoms with van der Waals surface area (Å²) in [5.41, 5.74) is 2.78. The second-order valence-electron chi connectivity index (χ2n) is 7.35. The van der Waals surface area contributed by atoms with Crippen LogP contribution in [0.3, 0.4) is 0 Å². The van der Waals surface area contributed by atoms with Gasteiger partial charge in [-0.3, -0.25) is 9.48 Å². The second kappa shape index (κ2) is 6.87. The predicted octanol–water partition coefficient (Wildman–Crippen LogP) is 2.60. The Morgan fingerprint density at radius 3 is 2.73 bits per heavy atom. The van der Waals surface area contributed by atoms with Crippen molar-refractivity contribution < 1.29 is 9.53 Å². The van der Waals surface area contributed by atoms with E-state index in [2.05, 4.69) is 21.6 Å². The highest BCUT2D eigenvalue weighted by atomic mass is 16.5. The first kappa shape index (κ1) is 17.3. The molecule has 0 N–H and O–H groups in total. The van der Waals surface area contributed by atoms with E-state index in [-0.39, 0.29) is 18.1 Å². The molecule has 2 aromatic rings. The van der Waals surface area contributed by atoms with Gasteiger partial charge in [-0.1, -0.05) is 0 Å². The highest BCUT2D eigenvalue weighted by Gasteiger charge is 2.34. The SMILES string of the molecule is CCn1nc2c(c1C(=O)N1CCC(n3ccnc3)CC1)C[C@H](C)O[C@@H]2C. The number of aryl methyl sites for hydroxylation is 1. The lowest BCUT2D eigenvalue weighted by molar-refractivity contribution is -0.00717. The molecule has 2 atom stereocenters. The topological polar surface area (TPSA) is 65.2 Å². The fourth-order valence-electron chi connectivity index (χ4n) is 4.26. The Balaban J connectivity index is 1.55. The standard InChI is InChI=1S/C19H27N5O2/c1-4-24-18(16-11-13(2)26-14(3)17(16)21-24)19(25)22-8-5-15(6-9-22)23-10-7-20-12-23/h7,10,12-15H,4-6,8-9,11H2,1-3H3/t13-,14+/m0/s1. The van der Waals surface area contributed by atoms with E-state index in [1.165, 1.54) is 0 Å². The molecular weight excluding hydrogens is 330 g/mol. The number of carbonyl (C=O) groups excluding carboxylic acids is 1. The molecule has 140 valence electrons. The molecule has 0 aromatic carbocycles. The molecule has 0 aliphatic carbocycles. The number of imidazole rings is 1. The Morgan fingerprint density at radius 1 is 1.31 bits per heavy atom. The van der Waals surface area contributed by atoms with Crippen molar-refractivity contribution >= 4 is 5.91 Å². The van der Waals surface area contributed by atoms with Gasteiger partial charge in [0.1, 0.15) is 5.69 Å². The molecule has 0 bridgehead atoms. The molecule has 2 aromatic heterocycles. The largest absolute Gasteiger partial charge is 0.369 e. The Bertz CT molecular complexity index is 774. The maximum Gasteiger partial charge on any atom is 0.272 e. The molecule has 7 heteroatoms. The van der Waals surface area contributed by atoms with Crippen molar-refractivity contribution in [3.05, 3.63) is 35.7 Å². The Labute approximate surface area is 154 Å². The first-order valence-corrected chi connectivity index (χ1v) is 9.60. The minimum absolute atomic E-state index is 0.0555. The number of aromatic nitrogens is 4. The molecular formula is C19H27N5O2. The molecule has 1 saturated heterocycles. The lowest BCUT2D eigenvalue weighted by Gasteiger charge is -2.33. The minimum atomic E-state index is -0.0555. The lowest BCUT2D eigenvalue weighted by atomic mass is 9.98. The zero-order chi connectivity index (χ0) is 18.3. The Morgan fingerprint density at radius 2 is 2.08 bits per heavy atom. The fraction of sp³-hybridized carbons (Fsp3) is 0.632. The molecule has 1 fully saturated rings. The molecule has 2 aliphatic heterocycles. The molecule has 0 saturated carbocycles. The van der Waals surface area contributed by atoms with Crippen LogP contribution in [0.5, 0.6) is 0 Å². The van der Waals surface area contributed by atoms with Crippen LogP contribution in [0.15, 0.2) is 18.7 Å². The van der Waals surface area contributed by atoms with Crippen LogP contribution >= 0.6 is 0 Å². The Kier molecular flexibility index (Phi) is 4.56. The fourth-order valence-corrected chi connectivity index (χ4v) is 4.26. The number of ether oxygens (including phenoxy) is 1. The Hall–Kier alpha value is -2.15. The van der Waals surface area contributed by atoms with Crippen LogP contribution in [0.4, 0.5) is 0 Å². The molecule has 7 nitrogen and oxygen atoms in total. The van der Waals surface area contributed by atoms with E-state index >= 15 is 0 Å². The smallest absolute Gasteiger partial charge is 0.272 e.